The number of hydrogen-bond donors (Lipinski definition) is 0. The fourth-order valence-corrected chi connectivity index (χ4v) is 9.77. The zero-order chi connectivity index (χ0) is 42.0. The van der Waals surface area contributed by atoms with E-state index in [0.717, 1.165) is 46.8 Å². The second-order valence-electron chi connectivity index (χ2n) is 15.4. The molecule has 0 aliphatic carbocycles. The summed E-state index contributed by atoms with van der Waals surface area (Å²) in [4.78, 5) is 7.33. The maximum Gasteiger partial charge on any atom is 0.175 e. The van der Waals surface area contributed by atoms with Gasteiger partial charge >= 0.3 is 0 Å². The van der Waals surface area contributed by atoms with Crippen LogP contribution in [0.2, 0.25) is 0 Å². The molecule has 8 nitrogen and oxygen atoms in total. The molecule has 0 amide bonds. The van der Waals surface area contributed by atoms with E-state index in [0.29, 0.717) is 46.2 Å². The first-order valence-electron chi connectivity index (χ1n) is 21.7. The molecule has 0 bridgehead atoms. The number of fused-ring (bicyclic) bond motifs is 2. The monoisotopic (exact) mass is 862 g/mol. The molecular formula is C47H74O8S3. The van der Waals surface area contributed by atoms with Crippen molar-refractivity contribution < 1.29 is 37.9 Å². The van der Waals surface area contributed by atoms with Crippen LogP contribution in [0.25, 0.3) is 0 Å². The second-order valence-corrected chi connectivity index (χ2v) is 19.7. The van der Waals surface area contributed by atoms with Gasteiger partial charge in [-0.15, -0.1) is 34.0 Å². The number of ether oxygens (including phenoxy) is 8. The fraction of sp³-hybridized carbons (Fsp3) is 0.702. The smallest absolute Gasteiger partial charge is 0.175 e. The molecule has 0 saturated heterocycles. The molecule has 2 aliphatic rings. The second kappa shape index (κ2) is 28.9. The summed E-state index contributed by atoms with van der Waals surface area (Å²) >= 11 is 5.24. The van der Waals surface area contributed by atoms with Crippen molar-refractivity contribution in [3.8, 4) is 40.8 Å². The lowest BCUT2D eigenvalue weighted by Gasteiger charge is -2.31. The molecule has 3 aromatic rings. The van der Waals surface area contributed by atoms with Crippen LogP contribution in [0.1, 0.15) is 133 Å². The summed E-state index contributed by atoms with van der Waals surface area (Å²) in [5.74, 6) is 7.59. The minimum absolute atomic E-state index is 0.199. The van der Waals surface area contributed by atoms with Crippen LogP contribution in [0, 0.1) is 59.0 Å². The first-order valence-corrected chi connectivity index (χ1v) is 24.2. The Morgan fingerprint density at radius 3 is 1.52 bits per heavy atom. The molecule has 0 atom stereocenters. The van der Waals surface area contributed by atoms with E-state index in [1.807, 2.05) is 19.9 Å². The van der Waals surface area contributed by atoms with Crippen molar-refractivity contribution in [1.82, 2.24) is 0 Å². The lowest BCUT2D eigenvalue weighted by Crippen LogP contribution is -2.33. The van der Waals surface area contributed by atoms with Crippen molar-refractivity contribution in [2.24, 2.45) is 5.41 Å². The molecule has 2 aliphatic heterocycles. The molecule has 5 heterocycles. The van der Waals surface area contributed by atoms with E-state index < -0.39 is 0 Å². The summed E-state index contributed by atoms with van der Waals surface area (Å²) in [6.07, 6.45) is 21.5. The average molecular weight is 863 g/mol. The summed E-state index contributed by atoms with van der Waals surface area (Å²) < 4.78 is 44.4. The first kappa shape index (κ1) is 49.9. The number of thiophene rings is 3. The third-order valence-electron chi connectivity index (χ3n) is 10.3. The third-order valence-corrected chi connectivity index (χ3v) is 13.2. The van der Waals surface area contributed by atoms with Gasteiger partial charge in [-0.3, -0.25) is 0 Å². The van der Waals surface area contributed by atoms with Gasteiger partial charge in [0.1, 0.15) is 25.9 Å². The van der Waals surface area contributed by atoms with Crippen molar-refractivity contribution in [2.45, 2.75) is 145 Å². The van der Waals surface area contributed by atoms with Gasteiger partial charge in [-0.2, -0.15) is 0 Å². The standard InChI is InChI=1S/C25H44O2S.C14H20O4S.C8H10O2S/c1-5-7-9-11-13-15-17-25(18-16-14-12-10-8-6-2)19-26-23-21(3)28-22(4)24(23)27-20-25;1-12-11-14(13(2)19-12)18-6-4-5-16-9-10-17-8-7-15-3;1-5-7-8(6(2)11-5)10-4-3-9-7/h5-20H2,1-4H3;11H,5,7-10H2,1-3H3;3-4H2,1-2H3. The Morgan fingerprint density at radius 1 is 0.569 bits per heavy atom. The molecule has 11 heteroatoms. The molecule has 0 radical (unpaired) electrons. The van der Waals surface area contributed by atoms with E-state index in [9.17, 15) is 0 Å². The van der Waals surface area contributed by atoms with Crippen LogP contribution in [-0.2, 0) is 14.2 Å². The van der Waals surface area contributed by atoms with Crippen molar-refractivity contribution in [3.63, 3.8) is 0 Å². The van der Waals surface area contributed by atoms with E-state index in [4.69, 9.17) is 37.9 Å². The van der Waals surface area contributed by atoms with Gasteiger partial charge in [0.25, 0.3) is 0 Å². The first-order chi connectivity index (χ1) is 28.1. The molecule has 0 N–H and O–H groups in total. The minimum atomic E-state index is 0.199. The molecule has 0 unspecified atom stereocenters. The summed E-state index contributed by atoms with van der Waals surface area (Å²) in [5, 5.41) is 0. The van der Waals surface area contributed by atoms with Crippen molar-refractivity contribution in [2.75, 3.05) is 66.6 Å². The predicted molar refractivity (Wildman–Crippen MR) is 244 cm³/mol. The summed E-state index contributed by atoms with van der Waals surface area (Å²) in [6.45, 7) is 22.7. The molecule has 5 rings (SSSR count). The normalized spacial score (nSPS) is 13.7. The van der Waals surface area contributed by atoms with Gasteiger partial charge in [0.05, 0.1) is 39.6 Å². The summed E-state index contributed by atoms with van der Waals surface area (Å²) in [6, 6.07) is 1.99. The minimum Gasteiger partial charge on any atom is -0.488 e. The molecule has 58 heavy (non-hydrogen) atoms. The Hall–Kier alpha value is -2.46. The Labute approximate surface area is 363 Å². The van der Waals surface area contributed by atoms with E-state index in [1.54, 1.807) is 41.1 Å². The van der Waals surface area contributed by atoms with E-state index in [-0.39, 0.29) is 5.41 Å². The molecule has 328 valence electrons. The van der Waals surface area contributed by atoms with Gasteiger partial charge < -0.3 is 37.9 Å². The third kappa shape index (κ3) is 18.0. The Balaban J connectivity index is 0.000000256. The van der Waals surface area contributed by atoms with Crippen molar-refractivity contribution >= 4 is 34.0 Å². The van der Waals surface area contributed by atoms with E-state index in [2.05, 4.69) is 53.6 Å². The molecule has 0 aromatic carbocycles. The highest BCUT2D eigenvalue weighted by Crippen LogP contribution is 2.46. The molecule has 0 spiro atoms. The SMILES string of the molecule is CCCCCCCCC1(CCCCCCCC)COc2c(C)sc(C)c2OC1.COCCOCCOCC#COc1cc(C)sc1C.Cc1sc(C)c2c1OCCO2. The van der Waals surface area contributed by atoms with Crippen molar-refractivity contribution in [1.29, 1.82) is 0 Å². The Kier molecular flexibility index (Phi) is 24.9. The number of rotatable bonds is 22. The lowest BCUT2D eigenvalue weighted by atomic mass is 9.79. The van der Waals surface area contributed by atoms with Gasteiger partial charge in [-0.05, 0) is 66.4 Å². The van der Waals surface area contributed by atoms with Gasteiger partial charge in [-0.25, -0.2) is 0 Å². The van der Waals surface area contributed by atoms with Crippen molar-refractivity contribution in [3.05, 3.63) is 35.3 Å². The highest BCUT2D eigenvalue weighted by atomic mass is 32.1. The van der Waals surface area contributed by atoms with E-state index >= 15 is 0 Å². The molecular weight excluding hydrogens is 789 g/mol. The van der Waals surface area contributed by atoms with Crippen LogP contribution in [-0.4, -0.2) is 66.6 Å². The van der Waals surface area contributed by atoms with Crippen LogP contribution in [0.15, 0.2) is 6.07 Å². The highest BCUT2D eigenvalue weighted by molar-refractivity contribution is 7.13. The molecule has 3 aromatic heterocycles. The van der Waals surface area contributed by atoms with Gasteiger partial charge in [0, 0.05) is 41.8 Å². The molecule has 0 fully saturated rings. The van der Waals surface area contributed by atoms with Crippen LogP contribution < -0.4 is 23.7 Å². The Morgan fingerprint density at radius 2 is 1.03 bits per heavy atom. The number of methoxy groups -OCH3 is 1. The zero-order valence-electron chi connectivity index (χ0n) is 37.3. The van der Waals surface area contributed by atoms with Crippen LogP contribution in [0.4, 0.5) is 0 Å². The summed E-state index contributed by atoms with van der Waals surface area (Å²) in [7, 11) is 1.64. The number of aryl methyl sites for hydroxylation is 6. The predicted octanol–water partition coefficient (Wildman–Crippen LogP) is 13.1. The average Bonchev–Trinajstić information content (AvgIpc) is 3.74. The fourth-order valence-electron chi connectivity index (χ4n) is 7.02. The number of unbranched alkanes of at least 4 members (excludes halogenated alkanes) is 10. The lowest BCUT2D eigenvalue weighted by molar-refractivity contribution is 0.0323. The zero-order valence-corrected chi connectivity index (χ0v) is 39.8. The largest absolute Gasteiger partial charge is 0.488 e. The maximum absolute atomic E-state index is 6.39. The molecule has 0 saturated carbocycles. The van der Waals surface area contributed by atoms with Gasteiger partial charge in [0.15, 0.2) is 28.7 Å². The van der Waals surface area contributed by atoms with Crippen LogP contribution in [0.5, 0.6) is 28.7 Å². The van der Waals surface area contributed by atoms with Crippen LogP contribution in [0.3, 0.4) is 0 Å². The van der Waals surface area contributed by atoms with Gasteiger partial charge in [-0.1, -0.05) is 90.9 Å². The highest BCUT2D eigenvalue weighted by Gasteiger charge is 2.36. The summed E-state index contributed by atoms with van der Waals surface area (Å²) in [5.41, 5.74) is 0.199. The van der Waals surface area contributed by atoms with Gasteiger partial charge in [0.2, 0.25) is 0 Å². The number of hydrogen-bond acceptors (Lipinski definition) is 11. The van der Waals surface area contributed by atoms with E-state index in [1.165, 1.54) is 114 Å². The topological polar surface area (TPSA) is 73.8 Å². The quantitative estimate of drug-likeness (QED) is 0.0730. The maximum atomic E-state index is 6.39. The Bertz CT molecular complexity index is 1540. The van der Waals surface area contributed by atoms with Crippen LogP contribution >= 0.6 is 34.0 Å².